The highest BCUT2D eigenvalue weighted by Crippen LogP contribution is 2.45. The molecule has 1 aromatic carbocycles. The molecule has 0 bridgehead atoms. The summed E-state index contributed by atoms with van der Waals surface area (Å²) < 4.78 is 0. The Labute approximate surface area is 165 Å². The number of urea groups is 1. The average Bonchev–Trinajstić information content (AvgIpc) is 3.09. The molecule has 7 nitrogen and oxygen atoms in total. The number of rotatable bonds is 3. The van der Waals surface area contributed by atoms with Gasteiger partial charge in [-0.2, -0.15) is 0 Å². The fraction of sp³-hybridized carbons (Fsp3) is 0.250. The second kappa shape index (κ2) is 6.88. The summed E-state index contributed by atoms with van der Waals surface area (Å²) in [6.07, 6.45) is 3.68. The number of aromatic nitrogens is 1. The van der Waals surface area contributed by atoms with Gasteiger partial charge < -0.3 is 16.0 Å². The van der Waals surface area contributed by atoms with Crippen LogP contribution in [0.3, 0.4) is 0 Å². The van der Waals surface area contributed by atoms with Gasteiger partial charge in [-0.05, 0) is 37.6 Å². The quantitative estimate of drug-likeness (QED) is 0.636. The molecule has 1 atom stereocenters. The summed E-state index contributed by atoms with van der Waals surface area (Å²) in [6, 6.07) is 11.1. The predicted molar refractivity (Wildman–Crippen MR) is 111 cm³/mol. The van der Waals surface area contributed by atoms with Gasteiger partial charge in [0.15, 0.2) is 0 Å². The highest BCUT2D eigenvalue weighted by molar-refractivity contribution is 7.21. The number of carbonyl (C=O) groups is 2. The number of amides is 3. The number of nitrogens with zero attached hydrogens (tertiary/aromatic N) is 2. The largest absolute Gasteiger partial charge is 0.347 e. The summed E-state index contributed by atoms with van der Waals surface area (Å²) in [5.74, 6) is -0.161. The zero-order valence-electron chi connectivity index (χ0n) is 15.1. The third-order valence-electron chi connectivity index (χ3n) is 5.10. The Bertz CT molecular complexity index is 1060. The predicted octanol–water partition coefficient (Wildman–Crippen LogP) is 3.46. The van der Waals surface area contributed by atoms with Crippen molar-refractivity contribution in [1.82, 2.24) is 15.6 Å². The first kappa shape index (κ1) is 17.2. The molecule has 0 aliphatic carbocycles. The van der Waals surface area contributed by atoms with Gasteiger partial charge in [0.25, 0.3) is 5.91 Å². The van der Waals surface area contributed by atoms with E-state index in [0.717, 1.165) is 47.5 Å². The van der Waals surface area contributed by atoms with E-state index in [4.69, 9.17) is 0 Å². The Morgan fingerprint density at radius 3 is 2.89 bits per heavy atom. The van der Waals surface area contributed by atoms with E-state index < -0.39 is 0 Å². The van der Waals surface area contributed by atoms with E-state index in [-0.39, 0.29) is 18.0 Å². The Hall–Kier alpha value is -2.97. The van der Waals surface area contributed by atoms with E-state index in [1.54, 1.807) is 11.1 Å². The van der Waals surface area contributed by atoms with Crippen molar-refractivity contribution >= 4 is 50.6 Å². The Morgan fingerprint density at radius 1 is 1.25 bits per heavy atom. The second-order valence-electron chi connectivity index (χ2n) is 6.93. The lowest BCUT2D eigenvalue weighted by Crippen LogP contribution is -2.45. The number of para-hydroxylation sites is 1. The van der Waals surface area contributed by atoms with Crippen molar-refractivity contribution in [3.05, 3.63) is 47.5 Å². The van der Waals surface area contributed by atoms with Gasteiger partial charge in [-0.1, -0.05) is 18.2 Å². The summed E-state index contributed by atoms with van der Waals surface area (Å²) in [7, 11) is 0. The van der Waals surface area contributed by atoms with Gasteiger partial charge in [0.2, 0.25) is 0 Å². The fourth-order valence-electron chi connectivity index (χ4n) is 3.80. The molecular weight excluding hydrogens is 374 g/mol. The number of pyridine rings is 1. The lowest BCUT2D eigenvalue weighted by Gasteiger charge is -2.28. The molecule has 3 amide bonds. The molecule has 3 N–H and O–H groups in total. The van der Waals surface area contributed by atoms with Gasteiger partial charge in [0.05, 0.1) is 22.4 Å². The van der Waals surface area contributed by atoms with E-state index in [2.05, 4.69) is 20.9 Å². The standard InChI is InChI=1S/C20H19N5O2S/c26-18(23-12-5-4-9-21-11-12)17-16-15-14(8-10-22-19(15)28-17)25(20(27)24-16)13-6-2-1-3-7-13/h1-3,6-8,10,12,21H,4-5,9,11H2,(H,23,26)(H,24,27)/t12-/m1/s1. The smallest absolute Gasteiger partial charge is 0.331 e. The molecule has 2 aliphatic heterocycles. The van der Waals surface area contributed by atoms with Crippen molar-refractivity contribution in [2.24, 2.45) is 0 Å². The van der Waals surface area contributed by atoms with Gasteiger partial charge in [0, 0.05) is 18.8 Å². The van der Waals surface area contributed by atoms with E-state index >= 15 is 0 Å². The molecule has 0 saturated carbocycles. The zero-order chi connectivity index (χ0) is 19.1. The Morgan fingerprint density at radius 2 is 2.11 bits per heavy atom. The average molecular weight is 393 g/mol. The van der Waals surface area contributed by atoms with Crippen LogP contribution in [0.15, 0.2) is 42.6 Å². The number of thiophene rings is 1. The van der Waals surface area contributed by atoms with Crippen LogP contribution in [0.2, 0.25) is 0 Å². The molecule has 5 rings (SSSR count). The molecule has 2 aromatic heterocycles. The lowest BCUT2D eigenvalue weighted by molar-refractivity contribution is 0.0935. The van der Waals surface area contributed by atoms with Crippen LogP contribution in [0.25, 0.3) is 10.2 Å². The number of piperidine rings is 1. The SMILES string of the molecule is O=C(N[C@@H]1CCCNC1)c1sc2nccc3c2c1NC(=O)N3c1ccccc1. The number of anilines is 3. The summed E-state index contributed by atoms with van der Waals surface area (Å²) in [6.45, 7) is 1.75. The molecular formula is C20H19N5O2S. The number of hydrogen-bond acceptors (Lipinski definition) is 5. The minimum Gasteiger partial charge on any atom is -0.347 e. The summed E-state index contributed by atoms with van der Waals surface area (Å²) in [4.78, 5) is 33.1. The van der Waals surface area contributed by atoms with E-state index in [1.165, 1.54) is 11.3 Å². The molecule has 0 unspecified atom stereocenters. The third kappa shape index (κ3) is 2.81. The molecule has 28 heavy (non-hydrogen) atoms. The van der Waals surface area contributed by atoms with Crippen molar-refractivity contribution in [3.63, 3.8) is 0 Å². The zero-order valence-corrected chi connectivity index (χ0v) is 15.9. The highest BCUT2D eigenvalue weighted by atomic mass is 32.1. The van der Waals surface area contributed by atoms with Crippen LogP contribution in [0.5, 0.6) is 0 Å². The van der Waals surface area contributed by atoms with Crippen molar-refractivity contribution in [1.29, 1.82) is 0 Å². The van der Waals surface area contributed by atoms with Crippen LogP contribution in [0.1, 0.15) is 22.5 Å². The van der Waals surface area contributed by atoms with Gasteiger partial charge in [-0.25, -0.2) is 9.78 Å². The maximum absolute atomic E-state index is 12.9. The van der Waals surface area contributed by atoms with E-state index in [1.807, 2.05) is 36.4 Å². The minimum atomic E-state index is -0.280. The van der Waals surface area contributed by atoms with Gasteiger partial charge >= 0.3 is 6.03 Å². The first-order valence-electron chi connectivity index (χ1n) is 9.31. The third-order valence-corrected chi connectivity index (χ3v) is 6.20. The molecule has 1 fully saturated rings. The number of hydrogen-bond donors (Lipinski definition) is 3. The molecule has 3 aromatic rings. The van der Waals surface area contributed by atoms with Crippen molar-refractivity contribution in [2.45, 2.75) is 18.9 Å². The Balaban J connectivity index is 1.57. The maximum Gasteiger partial charge on any atom is 0.331 e. The normalized spacial score (nSPS) is 18.8. The summed E-state index contributed by atoms with van der Waals surface area (Å²) in [5, 5.41) is 10.1. The second-order valence-corrected chi connectivity index (χ2v) is 7.93. The van der Waals surface area contributed by atoms with Crippen molar-refractivity contribution < 1.29 is 9.59 Å². The molecule has 4 heterocycles. The van der Waals surface area contributed by atoms with Gasteiger partial charge in [0.1, 0.15) is 9.71 Å². The fourth-order valence-corrected chi connectivity index (χ4v) is 4.83. The first-order valence-corrected chi connectivity index (χ1v) is 10.1. The maximum atomic E-state index is 12.9. The Kier molecular flexibility index (Phi) is 4.22. The van der Waals surface area contributed by atoms with Crippen LogP contribution in [0.4, 0.5) is 21.9 Å². The molecule has 0 radical (unpaired) electrons. The lowest BCUT2D eigenvalue weighted by atomic mass is 10.1. The molecule has 1 saturated heterocycles. The molecule has 2 aliphatic rings. The van der Waals surface area contributed by atoms with Gasteiger partial charge in [-0.15, -0.1) is 11.3 Å². The van der Waals surface area contributed by atoms with Crippen LogP contribution < -0.4 is 20.9 Å². The molecule has 0 spiro atoms. The number of carbonyl (C=O) groups excluding carboxylic acids is 2. The summed E-state index contributed by atoms with van der Waals surface area (Å²) >= 11 is 1.31. The monoisotopic (exact) mass is 393 g/mol. The number of nitrogens with one attached hydrogen (secondary N) is 3. The van der Waals surface area contributed by atoms with E-state index in [0.29, 0.717) is 10.6 Å². The van der Waals surface area contributed by atoms with Crippen LogP contribution >= 0.6 is 11.3 Å². The number of benzene rings is 1. The molecule has 8 heteroatoms. The van der Waals surface area contributed by atoms with Crippen LogP contribution in [0, 0.1) is 0 Å². The van der Waals surface area contributed by atoms with Crippen molar-refractivity contribution in [2.75, 3.05) is 23.3 Å². The first-order chi connectivity index (χ1) is 13.7. The minimum absolute atomic E-state index is 0.103. The van der Waals surface area contributed by atoms with Gasteiger partial charge in [-0.3, -0.25) is 9.69 Å². The van der Waals surface area contributed by atoms with Crippen molar-refractivity contribution in [3.8, 4) is 0 Å². The van der Waals surface area contributed by atoms with E-state index in [9.17, 15) is 9.59 Å². The topological polar surface area (TPSA) is 86.4 Å². The van der Waals surface area contributed by atoms with Crippen LogP contribution in [-0.4, -0.2) is 36.1 Å². The van der Waals surface area contributed by atoms with Crippen LogP contribution in [-0.2, 0) is 0 Å². The summed E-state index contributed by atoms with van der Waals surface area (Å²) in [5.41, 5.74) is 2.06. The highest BCUT2D eigenvalue weighted by Gasteiger charge is 2.33. The molecule has 142 valence electrons.